The second-order valence-electron chi connectivity index (χ2n) is 6.67. The summed E-state index contributed by atoms with van der Waals surface area (Å²) in [6, 6.07) is 20.1. The van der Waals surface area contributed by atoms with Crippen molar-refractivity contribution >= 4 is 22.9 Å². The number of carbonyl (C=O) groups excluding carboxylic acids is 1. The fourth-order valence-corrected chi connectivity index (χ4v) is 3.92. The van der Waals surface area contributed by atoms with E-state index in [4.69, 9.17) is 0 Å². The van der Waals surface area contributed by atoms with Gasteiger partial charge < -0.3 is 10.2 Å². The number of likely N-dealkylation sites (N-methyl/N-ethyl adjacent to an activating group) is 1. The number of thiophene rings is 1. The van der Waals surface area contributed by atoms with E-state index in [-0.39, 0.29) is 11.9 Å². The molecular weight excluding hydrogens is 340 g/mol. The highest BCUT2D eigenvalue weighted by Gasteiger charge is 2.23. The van der Waals surface area contributed by atoms with Crippen LogP contribution in [0.25, 0.3) is 11.1 Å². The SMILES string of the molecule is Cc1ccsc1C[NH+](C)[C@H](C)C(=O)Nc1ccccc1-c1ccccc1. The largest absolute Gasteiger partial charge is 0.323 e. The number of amides is 1. The molecule has 1 unspecified atom stereocenters. The molecule has 134 valence electrons. The van der Waals surface area contributed by atoms with Crippen LogP contribution in [0.4, 0.5) is 5.69 Å². The van der Waals surface area contributed by atoms with Gasteiger partial charge in [0.15, 0.2) is 6.04 Å². The van der Waals surface area contributed by atoms with Crippen molar-refractivity contribution in [2.45, 2.75) is 26.4 Å². The molecule has 0 aliphatic carbocycles. The lowest BCUT2D eigenvalue weighted by Crippen LogP contribution is -3.12. The van der Waals surface area contributed by atoms with Crippen LogP contribution in [0.5, 0.6) is 0 Å². The summed E-state index contributed by atoms with van der Waals surface area (Å²) in [5.41, 5.74) is 4.30. The average molecular weight is 366 g/mol. The molecule has 4 heteroatoms. The van der Waals surface area contributed by atoms with Gasteiger partial charge in [0.05, 0.1) is 11.9 Å². The first-order chi connectivity index (χ1) is 12.6. The van der Waals surface area contributed by atoms with Crippen molar-refractivity contribution < 1.29 is 9.69 Å². The third-order valence-electron chi connectivity index (χ3n) is 4.81. The van der Waals surface area contributed by atoms with E-state index < -0.39 is 0 Å². The van der Waals surface area contributed by atoms with E-state index in [1.54, 1.807) is 11.3 Å². The van der Waals surface area contributed by atoms with E-state index in [0.29, 0.717) is 0 Å². The van der Waals surface area contributed by atoms with Gasteiger partial charge in [0, 0.05) is 11.3 Å². The topological polar surface area (TPSA) is 33.5 Å². The zero-order valence-electron chi connectivity index (χ0n) is 15.5. The maximum atomic E-state index is 12.8. The van der Waals surface area contributed by atoms with E-state index in [1.807, 2.05) is 49.4 Å². The number of aryl methyl sites for hydroxylation is 1. The van der Waals surface area contributed by atoms with Gasteiger partial charge in [0.1, 0.15) is 6.54 Å². The predicted molar refractivity (Wildman–Crippen MR) is 110 cm³/mol. The van der Waals surface area contributed by atoms with Gasteiger partial charge in [-0.15, -0.1) is 11.3 Å². The molecule has 0 spiro atoms. The molecule has 2 aromatic carbocycles. The highest BCUT2D eigenvalue weighted by Crippen LogP contribution is 2.27. The Bertz CT molecular complexity index is 873. The summed E-state index contributed by atoms with van der Waals surface area (Å²) in [5.74, 6) is 0.0418. The van der Waals surface area contributed by atoms with Crippen molar-refractivity contribution in [3.8, 4) is 11.1 Å². The van der Waals surface area contributed by atoms with E-state index >= 15 is 0 Å². The highest BCUT2D eigenvalue weighted by molar-refractivity contribution is 7.10. The number of nitrogens with one attached hydrogen (secondary N) is 2. The number of hydrogen-bond donors (Lipinski definition) is 2. The van der Waals surface area contributed by atoms with Crippen LogP contribution in [0.3, 0.4) is 0 Å². The normalized spacial score (nSPS) is 13.2. The molecule has 3 rings (SSSR count). The van der Waals surface area contributed by atoms with Crippen molar-refractivity contribution in [1.29, 1.82) is 0 Å². The van der Waals surface area contributed by atoms with Crippen LogP contribution in [0.2, 0.25) is 0 Å². The lowest BCUT2D eigenvalue weighted by Gasteiger charge is -2.21. The number of quaternary nitrogens is 1. The molecule has 3 nitrogen and oxygen atoms in total. The molecule has 0 bridgehead atoms. The Kier molecular flexibility index (Phi) is 5.86. The molecule has 0 fully saturated rings. The zero-order valence-corrected chi connectivity index (χ0v) is 16.3. The van der Waals surface area contributed by atoms with Crippen LogP contribution < -0.4 is 10.2 Å². The zero-order chi connectivity index (χ0) is 18.5. The maximum absolute atomic E-state index is 12.8. The van der Waals surface area contributed by atoms with Crippen LogP contribution in [-0.4, -0.2) is 19.0 Å². The minimum absolute atomic E-state index is 0.0418. The van der Waals surface area contributed by atoms with Gasteiger partial charge in [-0.3, -0.25) is 4.79 Å². The fourth-order valence-electron chi connectivity index (χ4n) is 2.92. The van der Waals surface area contributed by atoms with Gasteiger partial charge in [-0.05, 0) is 42.5 Å². The van der Waals surface area contributed by atoms with E-state index in [9.17, 15) is 4.79 Å². The minimum atomic E-state index is -0.139. The van der Waals surface area contributed by atoms with E-state index in [0.717, 1.165) is 23.4 Å². The smallest absolute Gasteiger partial charge is 0.282 e. The van der Waals surface area contributed by atoms with Gasteiger partial charge in [-0.1, -0.05) is 48.5 Å². The predicted octanol–water partition coefficient (Wildman–Crippen LogP) is 3.77. The Labute approximate surface area is 159 Å². The maximum Gasteiger partial charge on any atom is 0.282 e. The van der Waals surface area contributed by atoms with Gasteiger partial charge >= 0.3 is 0 Å². The lowest BCUT2D eigenvalue weighted by atomic mass is 10.0. The first kappa shape index (κ1) is 18.4. The van der Waals surface area contributed by atoms with Crippen molar-refractivity contribution in [3.63, 3.8) is 0 Å². The van der Waals surface area contributed by atoms with Crippen LogP contribution >= 0.6 is 11.3 Å². The Hall–Kier alpha value is -2.43. The quantitative estimate of drug-likeness (QED) is 0.685. The van der Waals surface area contributed by atoms with Gasteiger partial charge in [0.2, 0.25) is 0 Å². The summed E-state index contributed by atoms with van der Waals surface area (Å²) >= 11 is 1.76. The Morgan fingerprint density at radius 2 is 1.77 bits per heavy atom. The Morgan fingerprint density at radius 3 is 2.46 bits per heavy atom. The summed E-state index contributed by atoms with van der Waals surface area (Å²) in [6.45, 7) is 4.97. The second-order valence-corrected chi connectivity index (χ2v) is 7.67. The third-order valence-corrected chi connectivity index (χ3v) is 5.83. The fraction of sp³-hybridized carbons (Fsp3) is 0.227. The average Bonchev–Trinajstić information content (AvgIpc) is 3.06. The van der Waals surface area contributed by atoms with Crippen molar-refractivity contribution in [1.82, 2.24) is 0 Å². The third kappa shape index (κ3) is 4.21. The molecule has 0 saturated heterocycles. The molecular formula is C22H25N2OS+. The Morgan fingerprint density at radius 1 is 1.08 bits per heavy atom. The van der Waals surface area contributed by atoms with Crippen molar-refractivity contribution in [2.75, 3.05) is 12.4 Å². The molecule has 1 amide bonds. The first-order valence-corrected chi connectivity index (χ1v) is 9.75. The minimum Gasteiger partial charge on any atom is -0.323 e. The molecule has 0 aliphatic heterocycles. The van der Waals surface area contributed by atoms with Crippen molar-refractivity contribution in [2.24, 2.45) is 0 Å². The lowest BCUT2D eigenvalue weighted by molar-refractivity contribution is -0.907. The number of anilines is 1. The molecule has 3 aromatic rings. The number of hydrogen-bond acceptors (Lipinski definition) is 2. The summed E-state index contributed by atoms with van der Waals surface area (Å²) in [6.07, 6.45) is 0. The van der Waals surface area contributed by atoms with Crippen LogP contribution in [0.15, 0.2) is 66.0 Å². The molecule has 0 saturated carbocycles. The number of para-hydroxylation sites is 1. The monoisotopic (exact) mass is 365 g/mol. The second kappa shape index (κ2) is 8.30. The summed E-state index contributed by atoms with van der Waals surface area (Å²) in [7, 11) is 2.08. The van der Waals surface area contributed by atoms with Crippen LogP contribution in [-0.2, 0) is 11.3 Å². The Balaban J connectivity index is 1.73. The molecule has 1 heterocycles. The number of rotatable bonds is 6. The van der Waals surface area contributed by atoms with Gasteiger partial charge in [-0.2, -0.15) is 0 Å². The molecule has 2 atom stereocenters. The first-order valence-electron chi connectivity index (χ1n) is 8.87. The molecule has 0 radical (unpaired) electrons. The molecule has 2 N–H and O–H groups in total. The van der Waals surface area contributed by atoms with E-state index in [1.165, 1.54) is 15.3 Å². The van der Waals surface area contributed by atoms with Gasteiger partial charge in [-0.25, -0.2) is 0 Å². The van der Waals surface area contributed by atoms with Crippen LogP contribution in [0, 0.1) is 6.92 Å². The summed E-state index contributed by atoms with van der Waals surface area (Å²) < 4.78 is 0. The molecule has 0 aliphatic rings. The molecule has 1 aromatic heterocycles. The number of benzene rings is 2. The standard InChI is InChI=1S/C22H24N2OS/c1-16-13-14-26-21(16)15-24(3)17(2)22(25)23-20-12-8-7-11-19(20)18-9-5-4-6-10-18/h4-14,17H,15H2,1-3H3,(H,23,25)/p+1/t17-/m1/s1. The van der Waals surface area contributed by atoms with E-state index in [2.05, 4.69) is 42.9 Å². The van der Waals surface area contributed by atoms with Crippen molar-refractivity contribution in [3.05, 3.63) is 76.5 Å². The van der Waals surface area contributed by atoms with Crippen LogP contribution in [0.1, 0.15) is 17.4 Å². The van der Waals surface area contributed by atoms with Gasteiger partial charge in [0.25, 0.3) is 5.91 Å². The summed E-state index contributed by atoms with van der Waals surface area (Å²) in [5, 5.41) is 5.24. The summed E-state index contributed by atoms with van der Waals surface area (Å²) in [4.78, 5) is 15.3. The number of carbonyl (C=O) groups is 1. The highest BCUT2D eigenvalue weighted by atomic mass is 32.1. The molecule has 26 heavy (non-hydrogen) atoms.